The second kappa shape index (κ2) is 10.3. The monoisotopic (exact) mass is 454 g/mol. The van der Waals surface area contributed by atoms with Gasteiger partial charge in [-0.15, -0.1) is 11.3 Å². The Hall–Kier alpha value is -3.39. The number of esters is 1. The highest BCUT2D eigenvalue weighted by molar-refractivity contribution is 7.09. The third-order valence-corrected chi connectivity index (χ3v) is 5.95. The first kappa shape index (κ1) is 23.3. The van der Waals surface area contributed by atoms with Crippen LogP contribution in [0.25, 0.3) is 0 Å². The van der Waals surface area contributed by atoms with Crippen molar-refractivity contribution in [3.63, 3.8) is 0 Å². The van der Waals surface area contributed by atoms with Crippen LogP contribution in [0.15, 0.2) is 41.8 Å². The smallest absolute Gasteiger partial charge is 0.342 e. The molecule has 168 valence electrons. The van der Waals surface area contributed by atoms with E-state index in [1.807, 2.05) is 35.9 Å². The van der Waals surface area contributed by atoms with Crippen molar-refractivity contribution in [2.75, 3.05) is 18.5 Å². The number of amides is 1. The van der Waals surface area contributed by atoms with E-state index in [0.717, 1.165) is 16.1 Å². The van der Waals surface area contributed by atoms with Crippen LogP contribution >= 0.6 is 11.3 Å². The van der Waals surface area contributed by atoms with Gasteiger partial charge in [0.15, 0.2) is 12.4 Å². The molecule has 2 heterocycles. The molecule has 8 heteroatoms. The van der Waals surface area contributed by atoms with E-state index in [0.29, 0.717) is 29.2 Å². The number of hydrogen-bond donors (Lipinski definition) is 1. The molecule has 0 saturated heterocycles. The molecule has 0 unspecified atom stereocenters. The van der Waals surface area contributed by atoms with Gasteiger partial charge in [0.1, 0.15) is 17.1 Å². The summed E-state index contributed by atoms with van der Waals surface area (Å²) in [5, 5.41) is 4.82. The van der Waals surface area contributed by atoms with Crippen LogP contribution in [0.5, 0.6) is 5.75 Å². The molecule has 0 aliphatic carbocycles. The first-order chi connectivity index (χ1) is 15.3. The van der Waals surface area contributed by atoms with Crippen LogP contribution in [0.4, 0.5) is 5.82 Å². The summed E-state index contributed by atoms with van der Waals surface area (Å²) in [6.07, 6.45) is 0. The van der Waals surface area contributed by atoms with E-state index in [9.17, 15) is 14.4 Å². The Morgan fingerprint density at radius 3 is 2.41 bits per heavy atom. The second-order valence-corrected chi connectivity index (χ2v) is 8.27. The number of nitrogens with zero attached hydrogens (tertiary/aromatic N) is 1. The van der Waals surface area contributed by atoms with Crippen LogP contribution in [-0.4, -0.2) is 35.4 Å². The van der Waals surface area contributed by atoms with Gasteiger partial charge in [-0.1, -0.05) is 6.07 Å². The molecular weight excluding hydrogens is 428 g/mol. The van der Waals surface area contributed by atoms with Crippen molar-refractivity contribution in [3.8, 4) is 5.75 Å². The fraction of sp³-hybridized carbons (Fsp3) is 0.292. The molecule has 0 fully saturated rings. The Balaban J connectivity index is 1.82. The lowest BCUT2D eigenvalue weighted by atomic mass is 10.1. The number of ether oxygens (including phenoxy) is 2. The van der Waals surface area contributed by atoms with Gasteiger partial charge in [-0.05, 0) is 69.0 Å². The summed E-state index contributed by atoms with van der Waals surface area (Å²) >= 11 is 1.60. The van der Waals surface area contributed by atoms with E-state index < -0.39 is 11.9 Å². The largest absolute Gasteiger partial charge is 0.484 e. The molecule has 0 atom stereocenters. The molecule has 0 bridgehead atoms. The molecule has 0 aliphatic rings. The van der Waals surface area contributed by atoms with Gasteiger partial charge in [0, 0.05) is 16.1 Å². The van der Waals surface area contributed by atoms with Crippen molar-refractivity contribution in [1.29, 1.82) is 0 Å². The van der Waals surface area contributed by atoms with Gasteiger partial charge in [0.25, 0.3) is 5.91 Å². The number of rotatable bonds is 9. The van der Waals surface area contributed by atoms with Gasteiger partial charge in [0.2, 0.25) is 0 Å². The van der Waals surface area contributed by atoms with E-state index >= 15 is 0 Å². The summed E-state index contributed by atoms with van der Waals surface area (Å²) in [5.41, 5.74) is 2.55. The summed E-state index contributed by atoms with van der Waals surface area (Å²) in [6, 6.07) is 10.5. The number of carbonyl (C=O) groups excluding carboxylic acids is 3. The van der Waals surface area contributed by atoms with Crippen molar-refractivity contribution < 1.29 is 23.9 Å². The first-order valence-electron chi connectivity index (χ1n) is 10.2. The fourth-order valence-electron chi connectivity index (χ4n) is 3.31. The molecular formula is C24H26N2O5S. The SMILES string of the molecule is CCOC(=O)c1c(C)c(C)n(Cc2cccs2)c1NC(=O)COc1ccc(C(C)=O)cc1. The van der Waals surface area contributed by atoms with Crippen molar-refractivity contribution in [2.24, 2.45) is 0 Å². The Labute approximate surface area is 191 Å². The van der Waals surface area contributed by atoms with Crippen LogP contribution in [0.2, 0.25) is 0 Å². The summed E-state index contributed by atoms with van der Waals surface area (Å²) in [7, 11) is 0. The first-order valence-corrected chi connectivity index (χ1v) is 11.1. The Bertz CT molecular complexity index is 1110. The van der Waals surface area contributed by atoms with Crippen LogP contribution in [0.1, 0.15) is 50.7 Å². The number of benzene rings is 1. The van der Waals surface area contributed by atoms with Crippen LogP contribution in [0.3, 0.4) is 0 Å². The van der Waals surface area contributed by atoms with Gasteiger partial charge >= 0.3 is 5.97 Å². The number of hydrogen-bond acceptors (Lipinski definition) is 6. The molecule has 0 saturated carbocycles. The quantitative estimate of drug-likeness (QED) is 0.377. The lowest BCUT2D eigenvalue weighted by molar-refractivity contribution is -0.118. The minimum Gasteiger partial charge on any atom is -0.484 e. The lowest BCUT2D eigenvalue weighted by Gasteiger charge is -2.14. The summed E-state index contributed by atoms with van der Waals surface area (Å²) in [4.78, 5) is 37.9. The normalized spacial score (nSPS) is 10.6. The summed E-state index contributed by atoms with van der Waals surface area (Å²) < 4.78 is 12.7. The minimum absolute atomic E-state index is 0.0435. The van der Waals surface area contributed by atoms with E-state index in [-0.39, 0.29) is 19.0 Å². The summed E-state index contributed by atoms with van der Waals surface area (Å²) in [5.74, 6) is -0.0623. The fourth-order valence-corrected chi connectivity index (χ4v) is 4.00. The molecule has 3 rings (SSSR count). The maximum atomic E-state index is 12.7. The maximum absolute atomic E-state index is 12.7. The van der Waals surface area contributed by atoms with E-state index in [1.54, 1.807) is 42.5 Å². The van der Waals surface area contributed by atoms with Crippen LogP contribution in [0, 0.1) is 13.8 Å². The van der Waals surface area contributed by atoms with Crippen molar-refractivity contribution in [1.82, 2.24) is 4.57 Å². The summed E-state index contributed by atoms with van der Waals surface area (Å²) in [6.45, 7) is 7.49. The average molecular weight is 455 g/mol. The highest BCUT2D eigenvalue weighted by Gasteiger charge is 2.26. The predicted molar refractivity (Wildman–Crippen MR) is 124 cm³/mol. The molecule has 1 amide bonds. The molecule has 0 radical (unpaired) electrons. The van der Waals surface area contributed by atoms with Gasteiger partial charge in [-0.3, -0.25) is 9.59 Å². The molecule has 0 spiro atoms. The third kappa shape index (κ3) is 5.26. The standard InChI is InChI=1S/C24H26N2O5S/c1-5-30-24(29)22-15(2)16(3)26(13-20-7-6-12-32-20)23(22)25-21(28)14-31-19-10-8-18(9-11-19)17(4)27/h6-12H,5,13-14H2,1-4H3,(H,25,28). The number of ketones is 1. The molecule has 1 aromatic carbocycles. The zero-order valence-electron chi connectivity index (χ0n) is 18.6. The number of anilines is 1. The topological polar surface area (TPSA) is 86.6 Å². The molecule has 0 aliphatic heterocycles. The molecule has 2 aromatic heterocycles. The average Bonchev–Trinajstić information content (AvgIpc) is 3.36. The number of nitrogens with one attached hydrogen (secondary N) is 1. The van der Waals surface area contributed by atoms with Crippen LogP contribution in [-0.2, 0) is 16.1 Å². The number of aromatic nitrogens is 1. The molecule has 32 heavy (non-hydrogen) atoms. The van der Waals surface area contributed by atoms with Crippen molar-refractivity contribution in [2.45, 2.75) is 34.2 Å². The molecule has 1 N–H and O–H groups in total. The van der Waals surface area contributed by atoms with E-state index in [1.165, 1.54) is 6.92 Å². The van der Waals surface area contributed by atoms with Gasteiger partial charge < -0.3 is 19.4 Å². The number of Topliss-reactive ketones (excluding diaryl/α,β-unsaturated/α-hetero) is 1. The highest BCUT2D eigenvalue weighted by Crippen LogP contribution is 2.29. The van der Waals surface area contributed by atoms with Gasteiger partial charge in [-0.25, -0.2) is 4.79 Å². The van der Waals surface area contributed by atoms with Crippen LogP contribution < -0.4 is 10.1 Å². The van der Waals surface area contributed by atoms with E-state index in [4.69, 9.17) is 9.47 Å². The van der Waals surface area contributed by atoms with E-state index in [2.05, 4.69) is 5.32 Å². The minimum atomic E-state index is -0.478. The second-order valence-electron chi connectivity index (χ2n) is 7.24. The third-order valence-electron chi connectivity index (χ3n) is 5.09. The highest BCUT2D eigenvalue weighted by atomic mass is 32.1. The Morgan fingerprint density at radius 2 is 1.81 bits per heavy atom. The molecule has 7 nitrogen and oxygen atoms in total. The Morgan fingerprint density at radius 1 is 1.09 bits per heavy atom. The van der Waals surface area contributed by atoms with Crippen molar-refractivity contribution in [3.05, 3.63) is 69.0 Å². The number of carbonyl (C=O) groups is 3. The maximum Gasteiger partial charge on any atom is 0.342 e. The van der Waals surface area contributed by atoms with Crippen molar-refractivity contribution >= 4 is 34.8 Å². The van der Waals surface area contributed by atoms with Gasteiger partial charge in [-0.2, -0.15) is 0 Å². The zero-order valence-corrected chi connectivity index (χ0v) is 19.4. The molecule has 3 aromatic rings. The zero-order chi connectivity index (χ0) is 23.3. The van der Waals surface area contributed by atoms with Gasteiger partial charge in [0.05, 0.1) is 13.2 Å². The Kier molecular flexibility index (Phi) is 7.48. The lowest BCUT2D eigenvalue weighted by Crippen LogP contribution is -2.24. The number of thiophene rings is 1. The predicted octanol–water partition coefficient (Wildman–Crippen LogP) is 4.61.